The van der Waals surface area contributed by atoms with Gasteiger partial charge in [-0.15, -0.1) is 0 Å². The maximum absolute atomic E-state index is 13.2. The predicted molar refractivity (Wildman–Crippen MR) is 132 cm³/mol. The molecule has 1 aliphatic rings. The van der Waals surface area contributed by atoms with Crippen molar-refractivity contribution in [2.75, 3.05) is 31.5 Å². The largest absolute Gasteiger partial charge is 0.497 e. The molecule has 0 fully saturated rings. The van der Waals surface area contributed by atoms with Crippen LogP contribution in [0.2, 0.25) is 0 Å². The normalized spacial score (nSPS) is 11.7. The number of thioether (sulfide) groups is 1. The highest BCUT2D eigenvalue weighted by Gasteiger charge is 2.20. The SMILES string of the molecule is COc1ccc(CN(CC(=O)Nc2ccc3c(c2)OCO3)C(=O)CSc2nc(C)cc(C)n2)cc1. The Balaban J connectivity index is 1.45. The highest BCUT2D eigenvalue weighted by Crippen LogP contribution is 2.34. The van der Waals surface area contributed by atoms with Crippen LogP contribution in [-0.2, 0) is 16.1 Å². The summed E-state index contributed by atoms with van der Waals surface area (Å²) in [4.78, 5) is 36.3. The molecule has 2 heterocycles. The number of benzene rings is 2. The number of carbonyl (C=O) groups is 2. The molecule has 3 aromatic rings. The zero-order valence-corrected chi connectivity index (χ0v) is 20.6. The van der Waals surface area contributed by atoms with Crippen LogP contribution in [0.25, 0.3) is 0 Å². The first-order valence-corrected chi connectivity index (χ1v) is 11.9. The van der Waals surface area contributed by atoms with Gasteiger partial charge in [-0.25, -0.2) is 9.97 Å². The number of hydrogen-bond donors (Lipinski definition) is 1. The van der Waals surface area contributed by atoms with Gasteiger partial charge in [0.15, 0.2) is 16.7 Å². The van der Waals surface area contributed by atoms with Gasteiger partial charge in [0, 0.05) is 29.7 Å². The minimum absolute atomic E-state index is 0.107. The van der Waals surface area contributed by atoms with Crippen molar-refractivity contribution in [3.8, 4) is 17.2 Å². The minimum Gasteiger partial charge on any atom is -0.497 e. The standard InChI is InChI=1S/C25H26N4O5S/c1-16-10-17(2)27-25(26-16)35-14-24(31)29(12-18-4-7-20(32-3)8-5-18)13-23(30)28-19-6-9-21-22(11-19)34-15-33-21/h4-11H,12-15H2,1-3H3,(H,28,30). The van der Waals surface area contributed by atoms with E-state index in [4.69, 9.17) is 14.2 Å². The summed E-state index contributed by atoms with van der Waals surface area (Å²) in [6, 6.07) is 14.4. The van der Waals surface area contributed by atoms with Gasteiger partial charge in [-0.05, 0) is 49.7 Å². The van der Waals surface area contributed by atoms with Gasteiger partial charge in [0.25, 0.3) is 0 Å². The molecule has 2 aromatic carbocycles. The number of carbonyl (C=O) groups excluding carboxylic acids is 2. The van der Waals surface area contributed by atoms with Gasteiger partial charge in [0.1, 0.15) is 12.3 Å². The molecule has 1 aromatic heterocycles. The van der Waals surface area contributed by atoms with E-state index >= 15 is 0 Å². The Morgan fingerprint density at radius 1 is 1.03 bits per heavy atom. The van der Waals surface area contributed by atoms with Crippen LogP contribution >= 0.6 is 11.8 Å². The summed E-state index contributed by atoms with van der Waals surface area (Å²) in [6.07, 6.45) is 0. The molecule has 0 aliphatic carbocycles. The summed E-state index contributed by atoms with van der Waals surface area (Å²) in [5, 5.41) is 3.36. The van der Waals surface area contributed by atoms with Crippen molar-refractivity contribution in [3.63, 3.8) is 0 Å². The summed E-state index contributed by atoms with van der Waals surface area (Å²) in [5.41, 5.74) is 3.12. The van der Waals surface area contributed by atoms with Crippen LogP contribution < -0.4 is 19.5 Å². The quantitative estimate of drug-likeness (QED) is 0.356. The summed E-state index contributed by atoms with van der Waals surface area (Å²) in [5.74, 6) is 1.50. The van der Waals surface area contributed by atoms with E-state index in [1.165, 1.54) is 16.7 Å². The van der Waals surface area contributed by atoms with Gasteiger partial charge in [-0.2, -0.15) is 0 Å². The molecule has 0 spiro atoms. The second-order valence-corrected chi connectivity index (χ2v) is 8.88. The average Bonchev–Trinajstić information content (AvgIpc) is 3.30. The van der Waals surface area contributed by atoms with E-state index < -0.39 is 0 Å². The van der Waals surface area contributed by atoms with Gasteiger partial charge < -0.3 is 24.4 Å². The van der Waals surface area contributed by atoms with Crippen molar-refractivity contribution in [1.82, 2.24) is 14.9 Å². The molecule has 4 rings (SSSR count). The number of anilines is 1. The Bertz CT molecular complexity index is 1200. The number of nitrogens with zero attached hydrogens (tertiary/aromatic N) is 3. The Morgan fingerprint density at radius 3 is 2.46 bits per heavy atom. The van der Waals surface area contributed by atoms with Crippen LogP contribution in [0.1, 0.15) is 17.0 Å². The Labute approximate surface area is 207 Å². The van der Waals surface area contributed by atoms with E-state index in [1.54, 1.807) is 25.3 Å². The number of nitrogens with one attached hydrogen (secondary N) is 1. The number of fused-ring (bicyclic) bond motifs is 1. The molecule has 0 bridgehead atoms. The van der Waals surface area contributed by atoms with Gasteiger partial charge in [-0.1, -0.05) is 23.9 Å². The maximum Gasteiger partial charge on any atom is 0.244 e. The zero-order chi connectivity index (χ0) is 24.8. The van der Waals surface area contributed by atoms with Gasteiger partial charge in [0.05, 0.1) is 12.9 Å². The smallest absolute Gasteiger partial charge is 0.244 e. The molecule has 9 nitrogen and oxygen atoms in total. The van der Waals surface area contributed by atoms with E-state index in [-0.39, 0.29) is 37.4 Å². The lowest BCUT2D eigenvalue weighted by Crippen LogP contribution is -2.38. The zero-order valence-electron chi connectivity index (χ0n) is 19.7. The number of hydrogen-bond acceptors (Lipinski definition) is 8. The molecule has 1 aliphatic heterocycles. The van der Waals surface area contributed by atoms with Gasteiger partial charge in [0.2, 0.25) is 18.6 Å². The summed E-state index contributed by atoms with van der Waals surface area (Å²) in [6.45, 7) is 4.08. The Morgan fingerprint density at radius 2 is 1.74 bits per heavy atom. The number of rotatable bonds is 9. The first-order valence-electron chi connectivity index (χ1n) is 10.9. The van der Waals surface area contributed by atoms with Crippen molar-refractivity contribution in [3.05, 3.63) is 65.5 Å². The molecule has 0 unspecified atom stereocenters. The molecule has 1 N–H and O–H groups in total. The fourth-order valence-electron chi connectivity index (χ4n) is 3.51. The third kappa shape index (κ3) is 6.63. The van der Waals surface area contributed by atoms with Crippen molar-refractivity contribution < 1.29 is 23.8 Å². The maximum atomic E-state index is 13.2. The van der Waals surface area contributed by atoms with Crippen LogP contribution in [0, 0.1) is 13.8 Å². The molecule has 0 atom stereocenters. The number of aryl methyl sites for hydroxylation is 2. The summed E-state index contributed by atoms with van der Waals surface area (Å²) >= 11 is 1.25. The lowest BCUT2D eigenvalue weighted by Gasteiger charge is -2.22. The molecular weight excluding hydrogens is 468 g/mol. The number of methoxy groups -OCH3 is 1. The topological polar surface area (TPSA) is 103 Å². The van der Waals surface area contributed by atoms with Crippen molar-refractivity contribution >= 4 is 29.3 Å². The van der Waals surface area contributed by atoms with Crippen molar-refractivity contribution in [1.29, 1.82) is 0 Å². The first kappa shape index (κ1) is 24.3. The fraction of sp³-hybridized carbons (Fsp3) is 0.280. The van der Waals surface area contributed by atoms with Crippen LogP contribution in [0.3, 0.4) is 0 Å². The predicted octanol–water partition coefficient (Wildman–Crippen LogP) is 3.59. The second kappa shape index (κ2) is 11.1. The third-order valence-corrected chi connectivity index (χ3v) is 5.99. The molecule has 0 radical (unpaired) electrons. The van der Waals surface area contributed by atoms with Crippen LogP contribution in [0.5, 0.6) is 17.2 Å². The van der Waals surface area contributed by atoms with Crippen LogP contribution in [0.4, 0.5) is 5.69 Å². The lowest BCUT2D eigenvalue weighted by molar-refractivity contribution is -0.132. The summed E-state index contributed by atoms with van der Waals surface area (Å²) < 4.78 is 15.9. The van der Waals surface area contributed by atoms with E-state index in [1.807, 2.05) is 44.2 Å². The van der Waals surface area contributed by atoms with Crippen LogP contribution in [-0.4, -0.2) is 52.9 Å². The molecule has 0 saturated carbocycles. The number of amides is 2. The molecule has 182 valence electrons. The molecule has 2 amide bonds. The van der Waals surface area contributed by atoms with E-state index in [0.717, 1.165) is 22.7 Å². The monoisotopic (exact) mass is 494 g/mol. The van der Waals surface area contributed by atoms with Crippen LogP contribution in [0.15, 0.2) is 53.7 Å². The summed E-state index contributed by atoms with van der Waals surface area (Å²) in [7, 11) is 1.59. The fourth-order valence-corrected chi connectivity index (χ4v) is 4.36. The molecule has 10 heteroatoms. The van der Waals surface area contributed by atoms with E-state index in [9.17, 15) is 9.59 Å². The lowest BCUT2D eigenvalue weighted by atomic mass is 10.2. The molecular formula is C25H26N4O5S. The molecule has 35 heavy (non-hydrogen) atoms. The molecule has 0 saturated heterocycles. The van der Waals surface area contributed by atoms with Crippen molar-refractivity contribution in [2.45, 2.75) is 25.5 Å². The minimum atomic E-state index is -0.321. The Hall–Kier alpha value is -3.79. The number of aromatic nitrogens is 2. The van der Waals surface area contributed by atoms with E-state index in [2.05, 4.69) is 15.3 Å². The Kier molecular flexibility index (Phi) is 7.71. The van der Waals surface area contributed by atoms with Gasteiger partial charge in [-0.3, -0.25) is 9.59 Å². The third-order valence-electron chi connectivity index (χ3n) is 5.16. The van der Waals surface area contributed by atoms with Gasteiger partial charge >= 0.3 is 0 Å². The average molecular weight is 495 g/mol. The second-order valence-electron chi connectivity index (χ2n) is 7.94. The van der Waals surface area contributed by atoms with E-state index in [0.29, 0.717) is 22.3 Å². The number of ether oxygens (including phenoxy) is 3. The first-order chi connectivity index (χ1) is 16.9. The highest BCUT2D eigenvalue weighted by atomic mass is 32.2. The van der Waals surface area contributed by atoms with Crippen molar-refractivity contribution in [2.24, 2.45) is 0 Å². The highest BCUT2D eigenvalue weighted by molar-refractivity contribution is 7.99.